The summed E-state index contributed by atoms with van der Waals surface area (Å²) in [5.74, 6) is -0.623. The number of anilines is 2. The van der Waals surface area contributed by atoms with Gasteiger partial charge in [0.05, 0.1) is 29.6 Å². The average Bonchev–Trinajstić information content (AvgIpc) is 2.64. The van der Waals surface area contributed by atoms with Gasteiger partial charge < -0.3 is 15.0 Å². The van der Waals surface area contributed by atoms with E-state index in [2.05, 4.69) is 29.0 Å². The molecule has 1 N–H and O–H groups in total. The van der Waals surface area contributed by atoms with Gasteiger partial charge in [-0.1, -0.05) is 0 Å². The van der Waals surface area contributed by atoms with Crippen molar-refractivity contribution >= 4 is 23.3 Å². The summed E-state index contributed by atoms with van der Waals surface area (Å²) in [5, 5.41) is 2.81. The van der Waals surface area contributed by atoms with E-state index in [4.69, 9.17) is 4.74 Å². The SMILES string of the molecule is CCOC(=O)c1ccc(NC(=O)c2cncc(N(CC)CC)c2)cc1. The summed E-state index contributed by atoms with van der Waals surface area (Å²) >= 11 is 0. The van der Waals surface area contributed by atoms with Crippen molar-refractivity contribution in [1.29, 1.82) is 0 Å². The van der Waals surface area contributed by atoms with Crippen molar-refractivity contribution < 1.29 is 14.3 Å². The molecule has 0 aliphatic heterocycles. The van der Waals surface area contributed by atoms with E-state index >= 15 is 0 Å². The van der Waals surface area contributed by atoms with Crippen molar-refractivity contribution in [2.75, 3.05) is 29.9 Å². The molecule has 0 radical (unpaired) electrons. The highest BCUT2D eigenvalue weighted by Crippen LogP contribution is 2.16. The van der Waals surface area contributed by atoms with Crippen LogP contribution >= 0.6 is 0 Å². The van der Waals surface area contributed by atoms with E-state index in [1.165, 1.54) is 6.20 Å². The Balaban J connectivity index is 2.09. The standard InChI is InChI=1S/C19H23N3O3/c1-4-22(5-2)17-11-15(12-20-13-17)18(23)21-16-9-7-14(8-10-16)19(24)25-6-3/h7-13H,4-6H2,1-3H3,(H,21,23). The van der Waals surface area contributed by atoms with Crippen molar-refractivity contribution in [1.82, 2.24) is 4.98 Å². The lowest BCUT2D eigenvalue weighted by molar-refractivity contribution is 0.0526. The number of amides is 1. The van der Waals surface area contributed by atoms with Crippen LogP contribution in [0.15, 0.2) is 42.7 Å². The number of hydrogen-bond acceptors (Lipinski definition) is 5. The third kappa shape index (κ3) is 4.79. The van der Waals surface area contributed by atoms with Gasteiger partial charge in [0.1, 0.15) is 0 Å². The molecule has 1 amide bonds. The molecule has 0 unspecified atom stereocenters. The van der Waals surface area contributed by atoms with Crippen LogP contribution in [0.3, 0.4) is 0 Å². The van der Waals surface area contributed by atoms with Gasteiger partial charge in [-0.25, -0.2) is 4.79 Å². The molecule has 25 heavy (non-hydrogen) atoms. The van der Waals surface area contributed by atoms with E-state index in [1.54, 1.807) is 37.4 Å². The fourth-order valence-electron chi connectivity index (χ4n) is 2.42. The predicted molar refractivity (Wildman–Crippen MR) is 98.1 cm³/mol. The Morgan fingerprint density at radius 3 is 2.32 bits per heavy atom. The van der Waals surface area contributed by atoms with Crippen LogP contribution in [0.2, 0.25) is 0 Å². The number of nitrogens with one attached hydrogen (secondary N) is 1. The van der Waals surface area contributed by atoms with Crippen LogP contribution in [0.1, 0.15) is 41.5 Å². The molecular weight excluding hydrogens is 318 g/mol. The van der Waals surface area contributed by atoms with Crippen LogP contribution in [-0.2, 0) is 4.74 Å². The molecule has 0 aliphatic rings. The summed E-state index contributed by atoms with van der Waals surface area (Å²) in [6.45, 7) is 7.89. The summed E-state index contributed by atoms with van der Waals surface area (Å²) in [5.41, 5.74) is 2.45. The number of ether oxygens (including phenoxy) is 1. The first-order chi connectivity index (χ1) is 12.1. The quantitative estimate of drug-likeness (QED) is 0.782. The van der Waals surface area contributed by atoms with Crippen LogP contribution < -0.4 is 10.2 Å². The molecule has 2 rings (SSSR count). The lowest BCUT2D eigenvalue weighted by Crippen LogP contribution is -2.22. The van der Waals surface area contributed by atoms with E-state index in [1.807, 2.05) is 6.07 Å². The number of carbonyl (C=O) groups excluding carboxylic acids is 2. The zero-order valence-electron chi connectivity index (χ0n) is 14.8. The fourth-order valence-corrected chi connectivity index (χ4v) is 2.42. The first-order valence-corrected chi connectivity index (χ1v) is 8.37. The molecule has 0 spiro atoms. The van der Waals surface area contributed by atoms with Gasteiger partial charge in [0.25, 0.3) is 5.91 Å². The summed E-state index contributed by atoms with van der Waals surface area (Å²) in [7, 11) is 0. The molecule has 0 atom stereocenters. The van der Waals surface area contributed by atoms with Gasteiger partial charge in [-0.3, -0.25) is 9.78 Å². The predicted octanol–water partition coefficient (Wildman–Crippen LogP) is 3.36. The minimum absolute atomic E-state index is 0.245. The molecule has 0 fully saturated rings. The first kappa shape index (κ1) is 18.4. The molecule has 1 heterocycles. The molecule has 2 aromatic rings. The zero-order valence-corrected chi connectivity index (χ0v) is 14.8. The minimum Gasteiger partial charge on any atom is -0.462 e. The number of pyridine rings is 1. The summed E-state index contributed by atoms with van der Waals surface area (Å²) in [4.78, 5) is 30.3. The van der Waals surface area contributed by atoms with Crippen molar-refractivity contribution in [3.05, 3.63) is 53.9 Å². The largest absolute Gasteiger partial charge is 0.462 e. The van der Waals surface area contributed by atoms with Gasteiger partial charge in [0, 0.05) is 25.0 Å². The van der Waals surface area contributed by atoms with Gasteiger partial charge in [-0.15, -0.1) is 0 Å². The number of esters is 1. The summed E-state index contributed by atoms with van der Waals surface area (Å²) in [6, 6.07) is 8.41. The Bertz CT molecular complexity index is 725. The topological polar surface area (TPSA) is 71.5 Å². The number of rotatable bonds is 7. The third-order valence-corrected chi connectivity index (χ3v) is 3.77. The van der Waals surface area contributed by atoms with Gasteiger partial charge in [-0.2, -0.15) is 0 Å². The molecule has 132 valence electrons. The number of hydrogen-bond donors (Lipinski definition) is 1. The Morgan fingerprint density at radius 1 is 1.04 bits per heavy atom. The smallest absolute Gasteiger partial charge is 0.338 e. The maximum Gasteiger partial charge on any atom is 0.338 e. The second-order valence-electron chi connectivity index (χ2n) is 5.36. The van der Waals surface area contributed by atoms with E-state index in [0.717, 1.165) is 18.8 Å². The Kier molecular flexibility index (Phi) is 6.51. The summed E-state index contributed by atoms with van der Waals surface area (Å²) in [6.07, 6.45) is 3.28. The van der Waals surface area contributed by atoms with E-state index in [-0.39, 0.29) is 11.9 Å². The molecule has 0 aliphatic carbocycles. The van der Waals surface area contributed by atoms with Crippen LogP contribution in [-0.4, -0.2) is 36.6 Å². The van der Waals surface area contributed by atoms with E-state index in [0.29, 0.717) is 23.4 Å². The van der Waals surface area contributed by atoms with Crippen molar-refractivity contribution in [2.45, 2.75) is 20.8 Å². The second kappa shape index (κ2) is 8.82. The highest BCUT2D eigenvalue weighted by atomic mass is 16.5. The molecule has 0 bridgehead atoms. The first-order valence-electron chi connectivity index (χ1n) is 8.37. The monoisotopic (exact) mass is 341 g/mol. The van der Waals surface area contributed by atoms with Crippen LogP contribution in [0.5, 0.6) is 0 Å². The highest BCUT2D eigenvalue weighted by Gasteiger charge is 2.11. The number of nitrogens with zero attached hydrogens (tertiary/aromatic N) is 2. The van der Waals surface area contributed by atoms with Crippen LogP contribution in [0.25, 0.3) is 0 Å². The van der Waals surface area contributed by atoms with Crippen molar-refractivity contribution in [2.24, 2.45) is 0 Å². The zero-order chi connectivity index (χ0) is 18.2. The van der Waals surface area contributed by atoms with Crippen molar-refractivity contribution in [3.63, 3.8) is 0 Å². The molecule has 1 aromatic heterocycles. The van der Waals surface area contributed by atoms with Crippen molar-refractivity contribution in [3.8, 4) is 0 Å². The lowest BCUT2D eigenvalue weighted by atomic mass is 10.2. The molecule has 6 nitrogen and oxygen atoms in total. The molecule has 0 saturated heterocycles. The second-order valence-corrected chi connectivity index (χ2v) is 5.36. The highest BCUT2D eigenvalue weighted by molar-refractivity contribution is 6.04. The van der Waals surface area contributed by atoms with Crippen LogP contribution in [0, 0.1) is 0 Å². The molecular formula is C19H23N3O3. The molecule has 0 saturated carbocycles. The van der Waals surface area contributed by atoms with Gasteiger partial charge in [0.2, 0.25) is 0 Å². The van der Waals surface area contributed by atoms with E-state index < -0.39 is 0 Å². The maximum atomic E-state index is 12.4. The number of aromatic nitrogens is 1. The lowest BCUT2D eigenvalue weighted by Gasteiger charge is -2.20. The average molecular weight is 341 g/mol. The minimum atomic E-state index is -0.378. The Hall–Kier alpha value is -2.89. The number of carbonyl (C=O) groups is 2. The maximum absolute atomic E-state index is 12.4. The van der Waals surface area contributed by atoms with E-state index in [9.17, 15) is 9.59 Å². The normalized spacial score (nSPS) is 10.2. The third-order valence-electron chi connectivity index (χ3n) is 3.77. The molecule has 1 aromatic carbocycles. The van der Waals surface area contributed by atoms with Crippen LogP contribution in [0.4, 0.5) is 11.4 Å². The fraction of sp³-hybridized carbons (Fsp3) is 0.316. The van der Waals surface area contributed by atoms with Gasteiger partial charge in [-0.05, 0) is 51.1 Å². The molecule has 6 heteroatoms. The number of benzene rings is 1. The Morgan fingerprint density at radius 2 is 1.72 bits per heavy atom. The van der Waals surface area contributed by atoms with Gasteiger partial charge in [0.15, 0.2) is 0 Å². The van der Waals surface area contributed by atoms with Gasteiger partial charge >= 0.3 is 5.97 Å². The Labute approximate surface area is 147 Å². The summed E-state index contributed by atoms with van der Waals surface area (Å²) < 4.78 is 4.94.